The summed E-state index contributed by atoms with van der Waals surface area (Å²) in [5, 5.41) is 22.9. The van der Waals surface area contributed by atoms with E-state index in [0.717, 1.165) is 51.4 Å². The second-order valence-corrected chi connectivity index (χ2v) is 15.1. The number of amides is 1. The Balaban J connectivity index is 3.55. The predicted molar refractivity (Wildman–Crippen MR) is 234 cm³/mol. The number of allylic oxidation sites excluding steroid dienone is 11. The molecule has 3 N–H and O–H groups in total. The van der Waals surface area contributed by atoms with Crippen LogP contribution in [0.25, 0.3) is 0 Å². The Bertz CT molecular complexity index is 930. The molecule has 4 heteroatoms. The van der Waals surface area contributed by atoms with Crippen molar-refractivity contribution in [1.29, 1.82) is 0 Å². The molecule has 0 heterocycles. The van der Waals surface area contributed by atoms with Crippen LogP contribution < -0.4 is 5.32 Å². The van der Waals surface area contributed by atoms with Crippen LogP contribution in [0.1, 0.15) is 213 Å². The van der Waals surface area contributed by atoms with Gasteiger partial charge >= 0.3 is 0 Å². The number of unbranched alkanes of at least 4 members (excludes halogenated alkanes) is 23. The first kappa shape index (κ1) is 50.8. The van der Waals surface area contributed by atoms with Gasteiger partial charge in [0.2, 0.25) is 5.91 Å². The number of rotatable bonds is 40. The van der Waals surface area contributed by atoms with Crippen molar-refractivity contribution in [3.8, 4) is 0 Å². The van der Waals surface area contributed by atoms with Crippen molar-refractivity contribution in [1.82, 2.24) is 5.32 Å². The lowest BCUT2D eigenvalue weighted by Crippen LogP contribution is -2.45. The van der Waals surface area contributed by atoms with Gasteiger partial charge < -0.3 is 15.5 Å². The summed E-state index contributed by atoms with van der Waals surface area (Å²) >= 11 is 0. The molecular formula is C49H87NO3. The summed E-state index contributed by atoms with van der Waals surface area (Å²) < 4.78 is 0. The maximum absolute atomic E-state index is 12.4. The van der Waals surface area contributed by atoms with Crippen molar-refractivity contribution in [2.45, 2.75) is 225 Å². The maximum Gasteiger partial charge on any atom is 0.220 e. The third-order valence-electron chi connectivity index (χ3n) is 9.89. The molecule has 0 aromatic heterocycles. The molecule has 2 atom stereocenters. The van der Waals surface area contributed by atoms with Gasteiger partial charge in [-0.05, 0) is 77.0 Å². The van der Waals surface area contributed by atoms with E-state index in [0.29, 0.717) is 6.42 Å². The smallest absolute Gasteiger partial charge is 0.220 e. The SMILES string of the molecule is CCCC/C=C/CC/C=C/CC/C=C/C(O)C(CO)NC(=O)CCCCCCCCCCCCCCCC/C=C\C/C=C\C/C=C\CCCCCCC. The van der Waals surface area contributed by atoms with Gasteiger partial charge in [0, 0.05) is 6.42 Å². The Kier molecular flexibility index (Phi) is 42.4. The van der Waals surface area contributed by atoms with E-state index < -0.39 is 12.1 Å². The Morgan fingerprint density at radius 2 is 0.811 bits per heavy atom. The lowest BCUT2D eigenvalue weighted by atomic mass is 10.0. The molecule has 0 aliphatic rings. The fourth-order valence-corrected chi connectivity index (χ4v) is 6.38. The molecule has 0 saturated carbocycles. The number of carbonyl (C=O) groups excluding carboxylic acids is 1. The molecule has 4 nitrogen and oxygen atoms in total. The van der Waals surface area contributed by atoms with Crippen molar-refractivity contribution in [2.75, 3.05) is 6.61 Å². The molecule has 53 heavy (non-hydrogen) atoms. The summed E-state index contributed by atoms with van der Waals surface area (Å²) in [6, 6.07) is -0.647. The normalized spacial score (nSPS) is 13.7. The zero-order valence-corrected chi connectivity index (χ0v) is 35.0. The first-order valence-corrected chi connectivity index (χ1v) is 22.7. The highest BCUT2D eigenvalue weighted by Crippen LogP contribution is 2.14. The molecule has 1 amide bonds. The van der Waals surface area contributed by atoms with E-state index in [-0.39, 0.29) is 12.5 Å². The van der Waals surface area contributed by atoms with Gasteiger partial charge in [-0.25, -0.2) is 0 Å². The molecule has 0 spiro atoms. The molecule has 2 unspecified atom stereocenters. The van der Waals surface area contributed by atoms with E-state index in [2.05, 4.69) is 79.9 Å². The van der Waals surface area contributed by atoms with Crippen LogP contribution in [0.15, 0.2) is 72.9 Å². The van der Waals surface area contributed by atoms with E-state index in [1.165, 1.54) is 141 Å². The molecule has 0 aromatic carbocycles. The third kappa shape index (κ3) is 40.8. The minimum absolute atomic E-state index is 0.0825. The average Bonchev–Trinajstić information content (AvgIpc) is 3.16. The standard InChI is InChI=1S/C49H87NO3/c1-3-5-7-9-11-13-15-17-18-19-20-21-22-23-24-25-26-27-28-29-30-31-32-33-35-37-39-41-43-45-49(53)50-47(46-51)48(52)44-42-40-38-36-34-16-14-12-10-8-6-4-2/h10,12,15,17,19-20,22-23,34,36,42,44,47-48,51-52H,3-9,11,13-14,16,18,21,24-33,35,37-41,43,45-46H2,1-2H3,(H,50,53)/b12-10+,17-15-,20-19-,23-22-,36-34+,44-42+. The molecular weight excluding hydrogens is 651 g/mol. The van der Waals surface area contributed by atoms with Crippen LogP contribution in [-0.4, -0.2) is 34.9 Å². The zero-order chi connectivity index (χ0) is 38.6. The van der Waals surface area contributed by atoms with E-state index in [1.54, 1.807) is 6.08 Å². The third-order valence-corrected chi connectivity index (χ3v) is 9.89. The maximum atomic E-state index is 12.4. The lowest BCUT2D eigenvalue weighted by Gasteiger charge is -2.19. The van der Waals surface area contributed by atoms with Crippen LogP contribution in [0.3, 0.4) is 0 Å². The quantitative estimate of drug-likeness (QED) is 0.0433. The van der Waals surface area contributed by atoms with Gasteiger partial charge in [-0.15, -0.1) is 0 Å². The number of hydrogen-bond donors (Lipinski definition) is 3. The second kappa shape index (κ2) is 44.2. The van der Waals surface area contributed by atoms with Gasteiger partial charge in [0.25, 0.3) is 0 Å². The first-order chi connectivity index (χ1) is 26.2. The Morgan fingerprint density at radius 3 is 1.28 bits per heavy atom. The van der Waals surface area contributed by atoms with Crippen LogP contribution in [-0.2, 0) is 4.79 Å². The van der Waals surface area contributed by atoms with Crippen molar-refractivity contribution in [3.63, 3.8) is 0 Å². The van der Waals surface area contributed by atoms with Gasteiger partial charge in [-0.2, -0.15) is 0 Å². The minimum Gasteiger partial charge on any atom is -0.394 e. The number of aliphatic hydroxyl groups is 2. The Hall–Kier alpha value is -2.17. The van der Waals surface area contributed by atoms with E-state index in [9.17, 15) is 15.0 Å². The summed E-state index contributed by atoms with van der Waals surface area (Å²) in [6.07, 6.45) is 63.1. The summed E-state index contributed by atoms with van der Waals surface area (Å²) in [5.41, 5.74) is 0. The summed E-state index contributed by atoms with van der Waals surface area (Å²) in [5.74, 6) is -0.0825. The largest absolute Gasteiger partial charge is 0.394 e. The molecule has 306 valence electrons. The molecule has 0 aliphatic heterocycles. The molecule has 0 aromatic rings. The topological polar surface area (TPSA) is 69.6 Å². The number of nitrogens with one attached hydrogen (secondary N) is 1. The summed E-state index contributed by atoms with van der Waals surface area (Å²) in [4.78, 5) is 12.4. The number of hydrogen-bond acceptors (Lipinski definition) is 3. The minimum atomic E-state index is -0.871. The van der Waals surface area contributed by atoms with Crippen molar-refractivity contribution < 1.29 is 15.0 Å². The second-order valence-electron chi connectivity index (χ2n) is 15.1. The van der Waals surface area contributed by atoms with Crippen LogP contribution in [0.5, 0.6) is 0 Å². The Morgan fingerprint density at radius 1 is 0.453 bits per heavy atom. The van der Waals surface area contributed by atoms with Crippen molar-refractivity contribution >= 4 is 5.91 Å². The van der Waals surface area contributed by atoms with Crippen LogP contribution in [0, 0.1) is 0 Å². The zero-order valence-electron chi connectivity index (χ0n) is 35.0. The van der Waals surface area contributed by atoms with E-state index in [1.807, 2.05) is 6.08 Å². The van der Waals surface area contributed by atoms with E-state index in [4.69, 9.17) is 0 Å². The van der Waals surface area contributed by atoms with Gasteiger partial charge in [-0.3, -0.25) is 4.79 Å². The Labute approximate surface area is 329 Å². The average molecular weight is 738 g/mol. The van der Waals surface area contributed by atoms with Crippen LogP contribution in [0.4, 0.5) is 0 Å². The highest BCUT2D eigenvalue weighted by molar-refractivity contribution is 5.76. The highest BCUT2D eigenvalue weighted by atomic mass is 16.3. The fourth-order valence-electron chi connectivity index (χ4n) is 6.38. The van der Waals surface area contributed by atoms with Crippen LogP contribution >= 0.6 is 0 Å². The van der Waals surface area contributed by atoms with Gasteiger partial charge in [0.05, 0.1) is 18.8 Å². The molecule has 0 rings (SSSR count). The summed E-state index contributed by atoms with van der Waals surface area (Å²) in [6.45, 7) is 4.22. The number of aliphatic hydroxyl groups excluding tert-OH is 2. The van der Waals surface area contributed by atoms with Gasteiger partial charge in [0.15, 0.2) is 0 Å². The van der Waals surface area contributed by atoms with Crippen molar-refractivity contribution in [2.24, 2.45) is 0 Å². The van der Waals surface area contributed by atoms with Crippen molar-refractivity contribution in [3.05, 3.63) is 72.9 Å². The molecule has 0 bridgehead atoms. The van der Waals surface area contributed by atoms with Gasteiger partial charge in [-0.1, -0.05) is 202 Å². The number of carbonyl (C=O) groups is 1. The van der Waals surface area contributed by atoms with Gasteiger partial charge in [0.1, 0.15) is 0 Å². The predicted octanol–water partition coefficient (Wildman–Crippen LogP) is 14.3. The fraction of sp³-hybridized carbons (Fsp3) is 0.735. The monoisotopic (exact) mass is 738 g/mol. The summed E-state index contributed by atoms with van der Waals surface area (Å²) in [7, 11) is 0. The van der Waals surface area contributed by atoms with E-state index >= 15 is 0 Å². The molecule has 0 radical (unpaired) electrons. The molecule has 0 saturated heterocycles. The molecule has 0 aliphatic carbocycles. The molecule has 0 fully saturated rings. The van der Waals surface area contributed by atoms with Crippen LogP contribution in [0.2, 0.25) is 0 Å². The first-order valence-electron chi connectivity index (χ1n) is 22.7. The lowest BCUT2D eigenvalue weighted by molar-refractivity contribution is -0.123. The highest BCUT2D eigenvalue weighted by Gasteiger charge is 2.17.